The van der Waals surface area contributed by atoms with Crippen LogP contribution >= 0.6 is 6.72 Å². The lowest BCUT2D eigenvalue weighted by Gasteiger charge is -1.98. The molecule has 0 radical (unpaired) electrons. The highest BCUT2D eigenvalue weighted by atomic mass is 32.5. The van der Waals surface area contributed by atoms with Gasteiger partial charge in [-0.3, -0.25) is 14.3 Å². The molecule has 0 aliphatic carbocycles. The molecule has 0 saturated heterocycles. The van der Waals surface area contributed by atoms with Crippen LogP contribution < -0.4 is 0 Å². The Morgan fingerprint density at radius 2 is 2.11 bits per heavy atom. The Morgan fingerprint density at radius 3 is 2.44 bits per heavy atom. The Hall–Kier alpha value is 0.530. The molecule has 5 heteroatoms. The second kappa shape index (κ2) is 4.36. The lowest BCUT2D eigenvalue weighted by Crippen LogP contribution is -1.90. The molecule has 0 aliphatic heterocycles. The first-order chi connectivity index (χ1) is 4.12. The quantitative estimate of drug-likeness (QED) is 0.487. The largest absolute Gasteiger partial charge is 0.517 e. The van der Waals surface area contributed by atoms with Crippen molar-refractivity contribution in [2.24, 2.45) is 0 Å². The van der Waals surface area contributed by atoms with Crippen LogP contribution in [0.1, 0.15) is 13.3 Å². The molecule has 0 fully saturated rings. The monoisotopic (exact) mass is 171 g/mol. The first-order valence-electron chi connectivity index (χ1n) is 2.67. The molecule has 2 N–H and O–H groups in total. The third kappa shape index (κ3) is 5.00. The van der Waals surface area contributed by atoms with Crippen LogP contribution in [0.2, 0.25) is 0 Å². The first-order valence-corrected chi connectivity index (χ1v) is 6.11. The van der Waals surface area contributed by atoms with Crippen LogP contribution in [0.4, 0.5) is 0 Å². The smallest absolute Gasteiger partial charge is 0.289 e. The first kappa shape index (κ1) is 9.53. The number of hydrogen-bond donors (Lipinski definition) is 2. The molecular formula is C4H12O3PS+. The Kier molecular flexibility index (Phi) is 4.62. The van der Waals surface area contributed by atoms with Crippen LogP contribution in [0, 0.1) is 0 Å². The normalized spacial score (nSPS) is 11.6. The predicted octanol–water partition coefficient (Wildman–Crippen LogP) is 0.788. The van der Waals surface area contributed by atoms with Gasteiger partial charge in [-0.25, -0.2) is 0 Å². The summed E-state index contributed by atoms with van der Waals surface area (Å²) in [5, 5.41) is 0. The van der Waals surface area contributed by atoms with E-state index in [-0.39, 0.29) is 0 Å². The Morgan fingerprint density at radius 1 is 1.56 bits per heavy atom. The summed E-state index contributed by atoms with van der Waals surface area (Å²) in [5.41, 5.74) is 0. The predicted molar refractivity (Wildman–Crippen MR) is 40.9 cm³/mol. The maximum atomic E-state index is 8.86. The summed E-state index contributed by atoms with van der Waals surface area (Å²) < 4.78 is 4.71. The van der Waals surface area contributed by atoms with Crippen molar-refractivity contribution in [2.75, 3.05) is 12.9 Å². The highest BCUT2D eigenvalue weighted by Gasteiger charge is 2.20. The Labute approximate surface area is 58.9 Å². The molecule has 56 valence electrons. The lowest BCUT2D eigenvalue weighted by molar-refractivity contribution is 0.252. The summed E-state index contributed by atoms with van der Waals surface area (Å²) >= 11 is 0. The standard InChI is InChI=1S/C4H12O3PS/c1-3-4-7-8(5,6)9-2/h5-6H,3-4H2,1-2H3/q+1. The Bertz CT molecular complexity index is 119. The van der Waals surface area contributed by atoms with Crippen LogP contribution in [-0.2, 0) is 15.5 Å². The van der Waals surface area contributed by atoms with E-state index in [1.165, 1.54) is 0 Å². The maximum absolute atomic E-state index is 8.86. The minimum Gasteiger partial charge on any atom is -0.289 e. The fourth-order valence-corrected chi connectivity index (χ4v) is 1.33. The van der Waals surface area contributed by atoms with E-state index in [1.807, 2.05) is 6.92 Å². The molecule has 0 aromatic heterocycles. The summed E-state index contributed by atoms with van der Waals surface area (Å²) in [6, 6.07) is 0. The topological polar surface area (TPSA) is 49.7 Å². The average molecular weight is 171 g/mol. The fraction of sp³-hybridized carbons (Fsp3) is 1.00. The summed E-state index contributed by atoms with van der Waals surface area (Å²) in [6.07, 6.45) is 2.42. The van der Waals surface area contributed by atoms with E-state index in [1.54, 1.807) is 6.26 Å². The van der Waals surface area contributed by atoms with Gasteiger partial charge in [0.2, 0.25) is 10.9 Å². The third-order valence-corrected chi connectivity index (χ3v) is 3.44. The van der Waals surface area contributed by atoms with Crippen molar-refractivity contribution < 1.29 is 14.3 Å². The van der Waals surface area contributed by atoms with Crippen molar-refractivity contribution in [3.8, 4) is 0 Å². The van der Waals surface area contributed by atoms with Crippen LogP contribution in [0.25, 0.3) is 0 Å². The van der Waals surface area contributed by atoms with E-state index in [2.05, 4.69) is 0 Å². The number of hydrogen-bond acceptors (Lipinski definition) is 1. The van der Waals surface area contributed by atoms with Crippen molar-refractivity contribution in [1.82, 2.24) is 0 Å². The van der Waals surface area contributed by atoms with E-state index in [4.69, 9.17) is 14.3 Å². The van der Waals surface area contributed by atoms with Crippen molar-refractivity contribution in [3.05, 3.63) is 0 Å². The van der Waals surface area contributed by atoms with Gasteiger partial charge in [0.1, 0.15) is 0 Å². The van der Waals surface area contributed by atoms with Gasteiger partial charge in [-0.15, -0.1) is 0 Å². The van der Waals surface area contributed by atoms with E-state index in [0.717, 1.165) is 17.4 Å². The molecule has 0 saturated carbocycles. The van der Waals surface area contributed by atoms with Crippen molar-refractivity contribution >= 4 is 17.7 Å². The van der Waals surface area contributed by atoms with Gasteiger partial charge in [-0.1, -0.05) is 6.92 Å². The molecule has 0 unspecified atom stereocenters. The summed E-state index contributed by atoms with van der Waals surface area (Å²) in [4.78, 5) is 17.7. The molecule has 0 heterocycles. The maximum Gasteiger partial charge on any atom is 0.517 e. The highest BCUT2D eigenvalue weighted by Crippen LogP contribution is 2.38. The summed E-state index contributed by atoms with van der Waals surface area (Å²) in [7, 11) is 0.967. The van der Waals surface area contributed by atoms with E-state index in [9.17, 15) is 0 Å². The molecule has 0 aromatic carbocycles. The van der Waals surface area contributed by atoms with Gasteiger partial charge in [0.25, 0.3) is 0 Å². The van der Waals surface area contributed by atoms with Gasteiger partial charge in [-0.2, -0.15) is 0 Å². The van der Waals surface area contributed by atoms with E-state index >= 15 is 0 Å². The van der Waals surface area contributed by atoms with Gasteiger partial charge >= 0.3 is 6.72 Å². The van der Waals surface area contributed by atoms with Crippen LogP contribution in [0.5, 0.6) is 0 Å². The van der Waals surface area contributed by atoms with Crippen molar-refractivity contribution in [3.63, 3.8) is 0 Å². The van der Waals surface area contributed by atoms with Crippen LogP contribution in [0.3, 0.4) is 0 Å². The van der Waals surface area contributed by atoms with Gasteiger partial charge in [0, 0.05) is 0 Å². The third-order valence-electron chi connectivity index (χ3n) is 0.701. The average Bonchev–Trinajstić information content (AvgIpc) is 1.84. The zero-order valence-corrected chi connectivity index (χ0v) is 7.28. The number of rotatable bonds is 3. The zero-order chi connectivity index (χ0) is 7.33. The molecule has 3 nitrogen and oxygen atoms in total. The fourth-order valence-electron chi connectivity index (χ4n) is 0.263. The second-order valence-corrected chi connectivity index (χ2v) is 5.63. The molecule has 0 aliphatic rings. The SMILES string of the molecule is CCCOP(O)(O)=[S+]C. The molecule has 0 aromatic rings. The molecule has 0 rings (SSSR count). The van der Waals surface area contributed by atoms with Crippen molar-refractivity contribution in [2.45, 2.75) is 13.3 Å². The molecule has 0 spiro atoms. The Balaban J connectivity index is 3.60. The molecule has 0 atom stereocenters. The summed E-state index contributed by atoms with van der Waals surface area (Å²) in [5.74, 6) is 0. The minimum atomic E-state index is -3.02. The van der Waals surface area contributed by atoms with Gasteiger partial charge < -0.3 is 0 Å². The van der Waals surface area contributed by atoms with E-state index in [0.29, 0.717) is 6.61 Å². The van der Waals surface area contributed by atoms with Gasteiger partial charge in [0.05, 0.1) is 6.61 Å². The van der Waals surface area contributed by atoms with Gasteiger partial charge in [-0.05, 0) is 6.42 Å². The van der Waals surface area contributed by atoms with Crippen molar-refractivity contribution in [1.29, 1.82) is 0 Å². The van der Waals surface area contributed by atoms with Crippen LogP contribution in [-0.4, -0.2) is 22.6 Å². The zero-order valence-electron chi connectivity index (χ0n) is 5.57. The molecule has 0 amide bonds. The molecular weight excluding hydrogens is 159 g/mol. The van der Waals surface area contributed by atoms with Gasteiger partial charge in [0.15, 0.2) is 6.26 Å². The highest BCUT2D eigenvalue weighted by molar-refractivity contribution is 8.16. The second-order valence-electron chi connectivity index (χ2n) is 1.51. The lowest BCUT2D eigenvalue weighted by atomic mass is 10.5. The minimum absolute atomic E-state index is 0.418. The molecule has 0 bridgehead atoms. The van der Waals surface area contributed by atoms with Crippen LogP contribution in [0.15, 0.2) is 0 Å². The van der Waals surface area contributed by atoms with E-state index < -0.39 is 6.72 Å². The molecule has 9 heavy (non-hydrogen) atoms. The summed E-state index contributed by atoms with van der Waals surface area (Å²) in [6.45, 7) is -0.688.